The minimum Gasteiger partial charge on any atom is -0.477 e. The lowest BCUT2D eigenvalue weighted by Gasteiger charge is -2.37. The standard InChI is InChI=1S/C20H25BrFN3O4/c1-5-8-20(24-18(28)29-19(2,3)4,14-9-13(21)6-7-15(14)22)11-25-12-23-10-16(25)17(26)27/h6-7,9-10,12H,5,8,11H2,1-4H3,(H,24,28)(H,26,27). The highest BCUT2D eigenvalue weighted by Gasteiger charge is 2.38. The van der Waals surface area contributed by atoms with Crippen LogP contribution in [0.15, 0.2) is 35.2 Å². The van der Waals surface area contributed by atoms with Crippen LogP contribution < -0.4 is 5.32 Å². The lowest BCUT2D eigenvalue weighted by atomic mass is 9.84. The van der Waals surface area contributed by atoms with Crippen LogP contribution in [0.25, 0.3) is 0 Å². The maximum Gasteiger partial charge on any atom is 0.408 e. The molecular formula is C20H25BrFN3O4. The number of aromatic carboxylic acids is 1. The van der Waals surface area contributed by atoms with Crippen molar-refractivity contribution in [3.63, 3.8) is 0 Å². The Labute approximate surface area is 177 Å². The number of benzene rings is 1. The van der Waals surface area contributed by atoms with Gasteiger partial charge in [-0.05, 0) is 45.4 Å². The van der Waals surface area contributed by atoms with E-state index >= 15 is 0 Å². The molecule has 0 aliphatic rings. The van der Waals surface area contributed by atoms with Crippen molar-refractivity contribution in [3.05, 3.63) is 52.3 Å². The number of alkyl carbamates (subject to hydrolysis) is 1. The maximum absolute atomic E-state index is 14.9. The largest absolute Gasteiger partial charge is 0.477 e. The number of aromatic nitrogens is 2. The van der Waals surface area contributed by atoms with E-state index < -0.39 is 29.0 Å². The van der Waals surface area contributed by atoms with Crippen LogP contribution in [-0.4, -0.2) is 32.3 Å². The Morgan fingerprint density at radius 2 is 2.03 bits per heavy atom. The quantitative estimate of drug-likeness (QED) is 0.612. The minimum atomic E-state index is -1.25. The van der Waals surface area contributed by atoms with Crippen LogP contribution in [0.4, 0.5) is 9.18 Å². The zero-order valence-corrected chi connectivity index (χ0v) is 18.4. The molecule has 1 heterocycles. The second-order valence-corrected chi connectivity index (χ2v) is 8.71. The summed E-state index contributed by atoms with van der Waals surface area (Å²) in [5.41, 5.74) is -1.84. The summed E-state index contributed by atoms with van der Waals surface area (Å²) in [4.78, 5) is 28.1. The Bertz CT molecular complexity index is 894. The van der Waals surface area contributed by atoms with Gasteiger partial charge in [-0.2, -0.15) is 0 Å². The molecule has 0 spiro atoms. The summed E-state index contributed by atoms with van der Waals surface area (Å²) in [6.45, 7) is 7.05. The topological polar surface area (TPSA) is 93.5 Å². The molecule has 0 radical (unpaired) electrons. The summed E-state index contributed by atoms with van der Waals surface area (Å²) in [5.74, 6) is -1.69. The summed E-state index contributed by atoms with van der Waals surface area (Å²) in [6, 6.07) is 4.44. The van der Waals surface area contributed by atoms with Gasteiger partial charge in [0.05, 0.1) is 24.6 Å². The predicted octanol–water partition coefficient (Wildman–Crippen LogP) is 4.70. The molecule has 29 heavy (non-hydrogen) atoms. The Morgan fingerprint density at radius 3 is 2.62 bits per heavy atom. The smallest absolute Gasteiger partial charge is 0.408 e. The molecule has 1 atom stereocenters. The predicted molar refractivity (Wildman–Crippen MR) is 109 cm³/mol. The normalized spacial score (nSPS) is 13.6. The first-order chi connectivity index (χ1) is 13.5. The van der Waals surface area contributed by atoms with Gasteiger partial charge in [0.25, 0.3) is 0 Å². The van der Waals surface area contributed by atoms with Crippen LogP contribution in [0.3, 0.4) is 0 Å². The molecule has 9 heteroatoms. The van der Waals surface area contributed by atoms with Crippen molar-refractivity contribution in [1.82, 2.24) is 14.9 Å². The van der Waals surface area contributed by atoms with Crippen molar-refractivity contribution in [2.45, 2.75) is 58.2 Å². The van der Waals surface area contributed by atoms with Crippen LogP contribution >= 0.6 is 15.9 Å². The highest BCUT2D eigenvalue weighted by Crippen LogP contribution is 2.34. The van der Waals surface area contributed by atoms with E-state index in [0.717, 1.165) is 0 Å². The van der Waals surface area contributed by atoms with Crippen molar-refractivity contribution in [3.8, 4) is 0 Å². The highest BCUT2D eigenvalue weighted by atomic mass is 79.9. The van der Waals surface area contributed by atoms with E-state index in [-0.39, 0.29) is 17.8 Å². The van der Waals surface area contributed by atoms with E-state index in [1.54, 1.807) is 32.9 Å². The molecule has 7 nitrogen and oxygen atoms in total. The average Bonchev–Trinajstić information content (AvgIpc) is 3.03. The number of hydrogen-bond acceptors (Lipinski definition) is 4. The molecule has 0 aliphatic carbocycles. The number of halogens is 2. The van der Waals surface area contributed by atoms with Crippen molar-refractivity contribution < 1.29 is 23.8 Å². The van der Waals surface area contributed by atoms with E-state index in [9.17, 15) is 19.1 Å². The molecule has 2 N–H and O–H groups in total. The molecule has 0 saturated carbocycles. The van der Waals surface area contributed by atoms with Crippen molar-refractivity contribution in [2.24, 2.45) is 0 Å². The van der Waals surface area contributed by atoms with E-state index in [2.05, 4.69) is 26.2 Å². The van der Waals surface area contributed by atoms with Crippen molar-refractivity contribution in [2.75, 3.05) is 0 Å². The molecule has 0 bridgehead atoms. The molecule has 158 valence electrons. The third-order valence-corrected chi connectivity index (χ3v) is 4.73. The van der Waals surface area contributed by atoms with E-state index in [0.29, 0.717) is 17.3 Å². The van der Waals surface area contributed by atoms with E-state index in [1.807, 2.05) is 6.92 Å². The van der Waals surface area contributed by atoms with E-state index in [1.165, 1.54) is 23.2 Å². The van der Waals surface area contributed by atoms with Gasteiger partial charge in [-0.3, -0.25) is 0 Å². The summed E-state index contributed by atoms with van der Waals surface area (Å²) in [5, 5.41) is 12.2. The Morgan fingerprint density at radius 1 is 1.34 bits per heavy atom. The monoisotopic (exact) mass is 469 g/mol. The molecule has 0 saturated heterocycles. The fraction of sp³-hybridized carbons (Fsp3) is 0.450. The first-order valence-corrected chi connectivity index (χ1v) is 9.97. The van der Waals surface area contributed by atoms with Crippen molar-refractivity contribution in [1.29, 1.82) is 0 Å². The van der Waals surface area contributed by atoms with Gasteiger partial charge in [-0.1, -0.05) is 29.3 Å². The zero-order valence-electron chi connectivity index (χ0n) is 16.8. The van der Waals surface area contributed by atoms with Gasteiger partial charge in [0.1, 0.15) is 17.1 Å². The van der Waals surface area contributed by atoms with Crippen LogP contribution in [0.5, 0.6) is 0 Å². The van der Waals surface area contributed by atoms with Gasteiger partial charge in [0.2, 0.25) is 0 Å². The Kier molecular flexibility index (Phi) is 7.05. The van der Waals surface area contributed by atoms with Crippen LogP contribution in [-0.2, 0) is 16.8 Å². The molecule has 0 aliphatic heterocycles. The number of hydrogen-bond donors (Lipinski definition) is 2. The second-order valence-electron chi connectivity index (χ2n) is 7.80. The molecule has 2 aromatic rings. The number of imidazole rings is 1. The molecule has 0 fully saturated rings. The fourth-order valence-corrected chi connectivity index (χ4v) is 3.53. The average molecular weight is 470 g/mol. The highest BCUT2D eigenvalue weighted by molar-refractivity contribution is 9.10. The molecule has 2 rings (SSSR count). The third kappa shape index (κ3) is 5.79. The van der Waals surface area contributed by atoms with E-state index in [4.69, 9.17) is 4.74 Å². The first kappa shape index (κ1) is 22.9. The second kappa shape index (κ2) is 8.94. The van der Waals surface area contributed by atoms with Gasteiger partial charge >= 0.3 is 12.1 Å². The van der Waals surface area contributed by atoms with Gasteiger partial charge in [-0.25, -0.2) is 19.0 Å². The SMILES string of the molecule is CCCC(Cn1cncc1C(=O)O)(NC(=O)OC(C)(C)C)c1cc(Br)ccc1F. The number of nitrogens with zero attached hydrogens (tertiary/aromatic N) is 2. The number of carboxylic acids is 1. The molecule has 1 amide bonds. The Hall–Kier alpha value is -2.42. The number of carboxylic acid groups (broad SMARTS) is 1. The van der Waals surface area contributed by atoms with Crippen LogP contribution in [0.1, 0.15) is 56.6 Å². The summed E-state index contributed by atoms with van der Waals surface area (Å²) >= 11 is 3.35. The lowest BCUT2D eigenvalue weighted by Crippen LogP contribution is -2.51. The van der Waals surface area contributed by atoms with Gasteiger partial charge < -0.3 is 19.7 Å². The number of nitrogens with one attached hydrogen (secondary N) is 1. The first-order valence-electron chi connectivity index (χ1n) is 9.17. The Balaban J connectivity index is 2.59. The summed E-state index contributed by atoms with van der Waals surface area (Å²) in [6.07, 6.45) is 2.78. The van der Waals surface area contributed by atoms with Gasteiger partial charge in [0, 0.05) is 10.0 Å². The number of carbonyl (C=O) groups excluding carboxylic acids is 1. The molecule has 1 aromatic heterocycles. The van der Waals surface area contributed by atoms with Crippen molar-refractivity contribution >= 4 is 28.0 Å². The molecular weight excluding hydrogens is 445 g/mol. The van der Waals surface area contributed by atoms with Gasteiger partial charge in [0.15, 0.2) is 0 Å². The number of ether oxygens (including phenoxy) is 1. The minimum absolute atomic E-state index is 0.0326. The summed E-state index contributed by atoms with van der Waals surface area (Å²) < 4.78 is 22.3. The van der Waals surface area contributed by atoms with Crippen LogP contribution in [0.2, 0.25) is 0 Å². The van der Waals surface area contributed by atoms with Crippen LogP contribution in [0, 0.1) is 5.82 Å². The fourth-order valence-electron chi connectivity index (χ4n) is 3.17. The van der Waals surface area contributed by atoms with Gasteiger partial charge in [-0.15, -0.1) is 0 Å². The number of rotatable bonds is 7. The lowest BCUT2D eigenvalue weighted by molar-refractivity contribution is 0.0426. The molecule has 1 unspecified atom stereocenters. The number of carbonyl (C=O) groups is 2. The zero-order chi connectivity index (χ0) is 21.8. The number of amides is 1. The maximum atomic E-state index is 14.9. The third-order valence-electron chi connectivity index (χ3n) is 4.23. The molecule has 1 aromatic carbocycles. The summed E-state index contributed by atoms with van der Waals surface area (Å²) in [7, 11) is 0.